The Kier molecular flexibility index (Phi) is 3.91. The van der Waals surface area contributed by atoms with Crippen molar-refractivity contribution < 1.29 is 9.53 Å². The van der Waals surface area contributed by atoms with Crippen LogP contribution in [0.25, 0.3) is 0 Å². The molecule has 1 rings (SSSR count). The van der Waals surface area contributed by atoms with E-state index in [0.717, 1.165) is 19.3 Å². The summed E-state index contributed by atoms with van der Waals surface area (Å²) >= 11 is 0. The minimum absolute atomic E-state index is 0.177. The average molecular weight is 184 g/mol. The third-order valence-electron chi connectivity index (χ3n) is 2.92. The zero-order valence-electron chi connectivity index (χ0n) is 8.88. The molecular weight excluding hydrogens is 164 g/mol. The highest BCUT2D eigenvalue weighted by molar-refractivity contribution is 5.79. The summed E-state index contributed by atoms with van der Waals surface area (Å²) < 4.78 is 5.80. The number of hydrogen-bond donors (Lipinski definition) is 0. The molecule has 0 aromatic heterocycles. The second-order valence-corrected chi connectivity index (χ2v) is 4.15. The minimum atomic E-state index is 0.177. The van der Waals surface area contributed by atoms with Gasteiger partial charge in [0.2, 0.25) is 0 Å². The topological polar surface area (TPSA) is 26.3 Å². The van der Waals surface area contributed by atoms with Crippen LogP contribution >= 0.6 is 0 Å². The van der Waals surface area contributed by atoms with E-state index in [1.54, 1.807) is 0 Å². The van der Waals surface area contributed by atoms with Gasteiger partial charge in [0, 0.05) is 12.8 Å². The summed E-state index contributed by atoms with van der Waals surface area (Å²) in [7, 11) is 0. The average Bonchev–Trinajstić information content (AvgIpc) is 2.11. The smallest absolute Gasteiger partial charge is 0.135 e. The molecule has 0 amide bonds. The van der Waals surface area contributed by atoms with Gasteiger partial charge in [0.05, 0.1) is 12.2 Å². The molecule has 13 heavy (non-hydrogen) atoms. The van der Waals surface area contributed by atoms with Crippen LogP contribution in [-0.2, 0) is 9.53 Å². The Bertz CT molecular complexity index is 177. The lowest BCUT2D eigenvalue weighted by Gasteiger charge is -2.30. The maximum absolute atomic E-state index is 11.2. The van der Waals surface area contributed by atoms with Crippen LogP contribution in [0.1, 0.15) is 46.5 Å². The van der Waals surface area contributed by atoms with Gasteiger partial charge in [-0.25, -0.2) is 0 Å². The Labute approximate surface area is 80.7 Å². The first-order chi connectivity index (χ1) is 6.13. The molecule has 1 aliphatic carbocycles. The van der Waals surface area contributed by atoms with Gasteiger partial charge < -0.3 is 4.74 Å². The molecule has 0 spiro atoms. The predicted octanol–water partition coefficient (Wildman–Crippen LogP) is 2.56. The van der Waals surface area contributed by atoms with Crippen molar-refractivity contribution >= 4 is 5.78 Å². The van der Waals surface area contributed by atoms with E-state index >= 15 is 0 Å². The maximum Gasteiger partial charge on any atom is 0.135 e. The Morgan fingerprint density at radius 3 is 2.92 bits per heavy atom. The molecule has 0 N–H and O–H groups in total. The Hall–Kier alpha value is -0.370. The van der Waals surface area contributed by atoms with Gasteiger partial charge in [0.15, 0.2) is 0 Å². The molecule has 0 aliphatic heterocycles. The molecular formula is C11H20O2. The van der Waals surface area contributed by atoms with E-state index in [-0.39, 0.29) is 6.10 Å². The molecule has 0 heterocycles. The number of carbonyl (C=O) groups is 1. The quantitative estimate of drug-likeness (QED) is 0.673. The van der Waals surface area contributed by atoms with Crippen molar-refractivity contribution in [2.24, 2.45) is 5.92 Å². The lowest BCUT2D eigenvalue weighted by molar-refractivity contribution is -0.129. The molecule has 3 atom stereocenters. The van der Waals surface area contributed by atoms with Crippen molar-refractivity contribution in [2.75, 3.05) is 0 Å². The molecule has 0 saturated heterocycles. The molecule has 1 aliphatic rings. The minimum Gasteiger partial charge on any atom is -0.375 e. The number of ketones is 1. The normalized spacial score (nSPS) is 31.8. The van der Waals surface area contributed by atoms with E-state index in [0.29, 0.717) is 24.2 Å². The highest BCUT2D eigenvalue weighted by Gasteiger charge is 2.27. The van der Waals surface area contributed by atoms with Gasteiger partial charge in [-0.2, -0.15) is 0 Å². The maximum atomic E-state index is 11.2. The van der Waals surface area contributed by atoms with E-state index in [1.807, 2.05) is 0 Å². The van der Waals surface area contributed by atoms with Crippen molar-refractivity contribution in [3.63, 3.8) is 0 Å². The van der Waals surface area contributed by atoms with E-state index in [4.69, 9.17) is 4.74 Å². The van der Waals surface area contributed by atoms with Crippen LogP contribution < -0.4 is 0 Å². The van der Waals surface area contributed by atoms with Gasteiger partial charge in [0.25, 0.3) is 0 Å². The number of hydrogen-bond acceptors (Lipinski definition) is 2. The number of carbonyl (C=O) groups excluding carboxylic acids is 1. The van der Waals surface area contributed by atoms with Crippen molar-refractivity contribution in [2.45, 2.75) is 58.7 Å². The molecule has 0 aromatic rings. The molecule has 0 bridgehead atoms. The number of rotatable bonds is 3. The fraction of sp³-hybridized carbons (Fsp3) is 0.909. The zero-order chi connectivity index (χ0) is 9.84. The van der Waals surface area contributed by atoms with Gasteiger partial charge in [-0.3, -0.25) is 4.79 Å². The standard InChI is InChI=1S/C11H20O2/c1-4-9(3)13-11-7-10(12)6-5-8(11)2/h8-9,11H,4-7H2,1-3H3. The van der Waals surface area contributed by atoms with Gasteiger partial charge in [-0.05, 0) is 25.7 Å². The van der Waals surface area contributed by atoms with Gasteiger partial charge in [-0.15, -0.1) is 0 Å². The van der Waals surface area contributed by atoms with Crippen molar-refractivity contribution in [3.05, 3.63) is 0 Å². The van der Waals surface area contributed by atoms with Crippen LogP contribution in [-0.4, -0.2) is 18.0 Å². The lowest BCUT2D eigenvalue weighted by Crippen LogP contribution is -2.32. The van der Waals surface area contributed by atoms with Crippen LogP contribution in [0.5, 0.6) is 0 Å². The molecule has 76 valence electrons. The lowest BCUT2D eigenvalue weighted by atomic mass is 9.87. The highest BCUT2D eigenvalue weighted by atomic mass is 16.5. The summed E-state index contributed by atoms with van der Waals surface area (Å²) in [6.45, 7) is 6.37. The van der Waals surface area contributed by atoms with Crippen LogP contribution in [0, 0.1) is 5.92 Å². The van der Waals surface area contributed by atoms with Crippen LogP contribution in [0.2, 0.25) is 0 Å². The first kappa shape index (κ1) is 10.7. The molecule has 2 nitrogen and oxygen atoms in total. The number of ether oxygens (including phenoxy) is 1. The molecule has 3 unspecified atom stereocenters. The summed E-state index contributed by atoms with van der Waals surface area (Å²) in [4.78, 5) is 11.2. The summed E-state index contributed by atoms with van der Waals surface area (Å²) in [5.74, 6) is 0.915. The molecule has 2 heteroatoms. The summed E-state index contributed by atoms with van der Waals surface area (Å²) in [5, 5.41) is 0. The Balaban J connectivity index is 2.41. The second kappa shape index (κ2) is 4.75. The zero-order valence-corrected chi connectivity index (χ0v) is 8.88. The van der Waals surface area contributed by atoms with E-state index in [2.05, 4.69) is 20.8 Å². The number of Topliss-reactive ketones (excluding diaryl/α,β-unsaturated/α-hetero) is 1. The molecule has 1 saturated carbocycles. The van der Waals surface area contributed by atoms with Crippen LogP contribution in [0.3, 0.4) is 0 Å². The largest absolute Gasteiger partial charge is 0.375 e. The molecule has 1 fully saturated rings. The Morgan fingerprint density at radius 2 is 2.31 bits per heavy atom. The second-order valence-electron chi connectivity index (χ2n) is 4.15. The fourth-order valence-electron chi connectivity index (χ4n) is 1.68. The Morgan fingerprint density at radius 1 is 1.62 bits per heavy atom. The van der Waals surface area contributed by atoms with Crippen molar-refractivity contribution in [1.82, 2.24) is 0 Å². The first-order valence-corrected chi connectivity index (χ1v) is 5.30. The van der Waals surface area contributed by atoms with E-state index in [1.165, 1.54) is 0 Å². The summed E-state index contributed by atoms with van der Waals surface area (Å²) in [6.07, 6.45) is 3.87. The summed E-state index contributed by atoms with van der Waals surface area (Å²) in [6, 6.07) is 0. The van der Waals surface area contributed by atoms with E-state index < -0.39 is 0 Å². The molecule has 0 radical (unpaired) electrons. The monoisotopic (exact) mass is 184 g/mol. The first-order valence-electron chi connectivity index (χ1n) is 5.30. The van der Waals surface area contributed by atoms with Crippen molar-refractivity contribution in [3.8, 4) is 0 Å². The van der Waals surface area contributed by atoms with E-state index in [9.17, 15) is 4.79 Å². The van der Waals surface area contributed by atoms with Crippen molar-refractivity contribution in [1.29, 1.82) is 0 Å². The predicted molar refractivity (Wildman–Crippen MR) is 52.6 cm³/mol. The third-order valence-corrected chi connectivity index (χ3v) is 2.92. The van der Waals surface area contributed by atoms with Gasteiger partial charge in [-0.1, -0.05) is 13.8 Å². The summed E-state index contributed by atoms with van der Waals surface area (Å²) in [5.41, 5.74) is 0. The van der Waals surface area contributed by atoms with Crippen LogP contribution in [0.15, 0.2) is 0 Å². The van der Waals surface area contributed by atoms with Gasteiger partial charge in [0.1, 0.15) is 5.78 Å². The molecule has 0 aromatic carbocycles. The third kappa shape index (κ3) is 3.11. The fourth-order valence-corrected chi connectivity index (χ4v) is 1.68. The highest BCUT2D eigenvalue weighted by Crippen LogP contribution is 2.25. The van der Waals surface area contributed by atoms with Gasteiger partial charge >= 0.3 is 0 Å². The van der Waals surface area contributed by atoms with Crippen LogP contribution in [0.4, 0.5) is 0 Å². The SMILES string of the molecule is CCC(C)OC1CC(=O)CCC1C.